The lowest BCUT2D eigenvalue weighted by Gasteiger charge is -2.35. The highest BCUT2D eigenvalue weighted by atomic mass is 32.2. The number of H-pyrrole nitrogens is 1. The first kappa shape index (κ1) is 22.7. The molecule has 1 atom stereocenters. The number of aromatic amines is 1. The zero-order valence-electron chi connectivity index (χ0n) is 19.0. The Morgan fingerprint density at radius 1 is 1.00 bits per heavy atom. The number of fused-ring (bicyclic) bond motifs is 1. The van der Waals surface area contributed by atoms with Crippen LogP contribution in [0, 0.1) is 0 Å². The van der Waals surface area contributed by atoms with Crippen LogP contribution in [0.3, 0.4) is 0 Å². The molecule has 2 aromatic carbocycles. The van der Waals surface area contributed by atoms with Crippen LogP contribution in [0.4, 0.5) is 0 Å². The number of likely N-dealkylation sites (tertiary alicyclic amines) is 1. The number of aromatic nitrogens is 2. The normalized spacial score (nSPS) is 20.1. The van der Waals surface area contributed by atoms with Crippen molar-refractivity contribution >= 4 is 27.0 Å². The van der Waals surface area contributed by atoms with Crippen molar-refractivity contribution in [1.29, 1.82) is 0 Å². The molecule has 0 saturated carbocycles. The molecule has 180 valence electrons. The zero-order chi connectivity index (χ0) is 23.9. The van der Waals surface area contributed by atoms with E-state index in [9.17, 15) is 18.0 Å². The molecular formula is C24H28N4O5S. The Labute approximate surface area is 198 Å². The van der Waals surface area contributed by atoms with Crippen LogP contribution in [0.1, 0.15) is 31.7 Å². The lowest BCUT2D eigenvalue weighted by atomic mass is 10.0. The minimum absolute atomic E-state index is 0.00425. The van der Waals surface area contributed by atoms with Gasteiger partial charge in [0.05, 0.1) is 23.0 Å². The number of rotatable bonds is 5. The largest absolute Gasteiger partial charge is 0.497 e. The van der Waals surface area contributed by atoms with Gasteiger partial charge in [-0.3, -0.25) is 9.36 Å². The van der Waals surface area contributed by atoms with Crippen molar-refractivity contribution in [3.8, 4) is 5.75 Å². The number of hydrogen-bond donors (Lipinski definition) is 1. The Balaban J connectivity index is 1.30. The molecule has 1 unspecified atom stereocenters. The minimum atomic E-state index is -3.79. The first-order valence-electron chi connectivity index (χ1n) is 11.5. The van der Waals surface area contributed by atoms with E-state index in [0.29, 0.717) is 51.1 Å². The highest BCUT2D eigenvalue weighted by molar-refractivity contribution is 7.89. The number of imidazole rings is 1. The molecule has 2 saturated heterocycles. The number of nitrogens with zero attached hydrogens (tertiary/aromatic N) is 3. The second kappa shape index (κ2) is 8.92. The Morgan fingerprint density at radius 3 is 2.41 bits per heavy atom. The average molecular weight is 485 g/mol. The van der Waals surface area contributed by atoms with Gasteiger partial charge >= 0.3 is 5.69 Å². The summed E-state index contributed by atoms with van der Waals surface area (Å²) in [5.41, 5.74) is 1.53. The fourth-order valence-corrected chi connectivity index (χ4v) is 6.80. The first-order valence-corrected chi connectivity index (χ1v) is 13.0. The third-order valence-electron chi connectivity index (χ3n) is 6.92. The highest BCUT2D eigenvalue weighted by Gasteiger charge is 2.42. The van der Waals surface area contributed by atoms with Gasteiger partial charge < -0.3 is 14.6 Å². The lowest BCUT2D eigenvalue weighted by molar-refractivity contribution is -0.135. The third-order valence-corrected chi connectivity index (χ3v) is 8.84. The highest BCUT2D eigenvalue weighted by Crippen LogP contribution is 2.30. The quantitative estimate of drug-likeness (QED) is 0.599. The molecule has 3 aromatic rings. The van der Waals surface area contributed by atoms with E-state index in [0.717, 1.165) is 11.0 Å². The van der Waals surface area contributed by atoms with Gasteiger partial charge in [0.1, 0.15) is 11.8 Å². The number of methoxy groups -OCH3 is 1. The smallest absolute Gasteiger partial charge is 0.326 e. The molecule has 5 rings (SSSR count). The van der Waals surface area contributed by atoms with Crippen molar-refractivity contribution in [2.45, 2.75) is 42.7 Å². The van der Waals surface area contributed by atoms with Gasteiger partial charge in [0.15, 0.2) is 0 Å². The van der Waals surface area contributed by atoms with Crippen molar-refractivity contribution < 1.29 is 17.9 Å². The third kappa shape index (κ3) is 3.90. The molecule has 34 heavy (non-hydrogen) atoms. The summed E-state index contributed by atoms with van der Waals surface area (Å²) in [5.74, 6) is 0.421. The standard InChI is InChI=1S/C24H28N4O5S/c1-33-18-8-10-19(11-9-18)34(31,32)27-14-4-7-22(27)23(29)26-15-12-17(13-16-26)28-21-6-3-2-5-20(21)25-24(28)30/h2-3,5-6,8-11,17,22H,4,7,12-16H2,1H3,(H,25,30). The number of benzene rings is 2. The number of piperidine rings is 1. The molecule has 0 bridgehead atoms. The molecule has 0 radical (unpaired) electrons. The predicted molar refractivity (Wildman–Crippen MR) is 127 cm³/mol. The number of amides is 1. The van der Waals surface area contributed by atoms with Crippen molar-refractivity contribution in [3.05, 3.63) is 59.0 Å². The number of sulfonamides is 1. The van der Waals surface area contributed by atoms with E-state index in [1.807, 2.05) is 24.3 Å². The summed E-state index contributed by atoms with van der Waals surface area (Å²) in [6, 6.07) is 13.1. The summed E-state index contributed by atoms with van der Waals surface area (Å²) in [4.78, 5) is 30.7. The van der Waals surface area contributed by atoms with E-state index in [1.54, 1.807) is 21.6 Å². The van der Waals surface area contributed by atoms with Gasteiger partial charge in [-0.15, -0.1) is 0 Å². The Morgan fingerprint density at radius 2 is 1.71 bits per heavy atom. The SMILES string of the molecule is COc1ccc(S(=O)(=O)N2CCCC2C(=O)N2CCC(n3c(=O)[nH]c4ccccc43)CC2)cc1. The maximum Gasteiger partial charge on any atom is 0.326 e. The van der Waals surface area contributed by atoms with Crippen LogP contribution >= 0.6 is 0 Å². The van der Waals surface area contributed by atoms with Crippen molar-refractivity contribution in [3.63, 3.8) is 0 Å². The lowest BCUT2D eigenvalue weighted by Crippen LogP contribution is -2.50. The van der Waals surface area contributed by atoms with Crippen LogP contribution in [-0.2, 0) is 14.8 Å². The van der Waals surface area contributed by atoms with Crippen molar-refractivity contribution in [2.75, 3.05) is 26.7 Å². The van der Waals surface area contributed by atoms with Crippen LogP contribution in [-0.4, -0.2) is 65.9 Å². The fourth-order valence-electron chi connectivity index (χ4n) is 5.15. The second-order valence-corrected chi connectivity index (χ2v) is 10.7. The monoisotopic (exact) mass is 484 g/mol. The minimum Gasteiger partial charge on any atom is -0.497 e. The summed E-state index contributed by atoms with van der Waals surface area (Å²) in [6.45, 7) is 1.30. The molecule has 10 heteroatoms. The van der Waals surface area contributed by atoms with Gasteiger partial charge in [-0.2, -0.15) is 4.31 Å². The van der Waals surface area contributed by atoms with Crippen LogP contribution < -0.4 is 10.4 Å². The van der Waals surface area contributed by atoms with E-state index >= 15 is 0 Å². The van der Waals surface area contributed by atoms with E-state index in [-0.39, 0.29) is 22.5 Å². The van der Waals surface area contributed by atoms with Gasteiger partial charge in [-0.25, -0.2) is 13.2 Å². The molecule has 1 aromatic heterocycles. The van der Waals surface area contributed by atoms with Crippen LogP contribution in [0.2, 0.25) is 0 Å². The van der Waals surface area contributed by atoms with E-state index in [1.165, 1.54) is 23.5 Å². The topological polar surface area (TPSA) is 105 Å². The van der Waals surface area contributed by atoms with Crippen molar-refractivity contribution in [1.82, 2.24) is 18.8 Å². The fraction of sp³-hybridized carbons (Fsp3) is 0.417. The van der Waals surface area contributed by atoms with Gasteiger partial charge in [-0.05, 0) is 62.1 Å². The number of hydrogen-bond acceptors (Lipinski definition) is 5. The van der Waals surface area contributed by atoms with Crippen LogP contribution in [0.5, 0.6) is 5.75 Å². The summed E-state index contributed by atoms with van der Waals surface area (Å²) >= 11 is 0. The maximum atomic E-state index is 13.4. The Kier molecular flexibility index (Phi) is 5.95. The van der Waals surface area contributed by atoms with Crippen LogP contribution in [0.25, 0.3) is 11.0 Å². The average Bonchev–Trinajstić information content (AvgIpc) is 3.48. The molecule has 1 amide bonds. The van der Waals surface area contributed by atoms with Gasteiger partial charge in [0, 0.05) is 25.7 Å². The van der Waals surface area contributed by atoms with Gasteiger partial charge in [0.25, 0.3) is 0 Å². The number of carbonyl (C=O) groups excluding carboxylic acids is 1. The Hall–Kier alpha value is -3.11. The number of nitrogens with one attached hydrogen (secondary N) is 1. The molecule has 0 aliphatic carbocycles. The molecule has 2 fully saturated rings. The number of carbonyl (C=O) groups is 1. The number of ether oxygens (including phenoxy) is 1. The van der Waals surface area contributed by atoms with Gasteiger partial charge in [-0.1, -0.05) is 12.1 Å². The Bertz CT molecular complexity index is 1350. The summed E-state index contributed by atoms with van der Waals surface area (Å²) < 4.78 is 34.8. The molecular weight excluding hydrogens is 456 g/mol. The van der Waals surface area contributed by atoms with E-state index < -0.39 is 16.1 Å². The molecule has 3 heterocycles. The summed E-state index contributed by atoms with van der Waals surface area (Å²) in [7, 11) is -2.27. The maximum absolute atomic E-state index is 13.4. The van der Waals surface area contributed by atoms with Gasteiger partial charge in [0.2, 0.25) is 15.9 Å². The predicted octanol–water partition coefficient (Wildman–Crippen LogP) is 2.35. The number of para-hydroxylation sites is 2. The molecule has 0 spiro atoms. The summed E-state index contributed by atoms with van der Waals surface area (Å²) in [6.07, 6.45) is 2.44. The second-order valence-electron chi connectivity index (χ2n) is 8.82. The molecule has 2 aliphatic heterocycles. The van der Waals surface area contributed by atoms with Crippen molar-refractivity contribution in [2.24, 2.45) is 0 Å². The van der Waals surface area contributed by atoms with Crippen LogP contribution in [0.15, 0.2) is 58.2 Å². The molecule has 2 aliphatic rings. The molecule has 1 N–H and O–H groups in total. The zero-order valence-corrected chi connectivity index (χ0v) is 19.8. The first-order chi connectivity index (χ1) is 16.4. The van der Waals surface area contributed by atoms with E-state index in [2.05, 4.69) is 4.98 Å². The van der Waals surface area contributed by atoms with E-state index in [4.69, 9.17) is 4.74 Å². The molecule has 9 nitrogen and oxygen atoms in total. The summed E-state index contributed by atoms with van der Waals surface area (Å²) in [5, 5.41) is 0.